The van der Waals surface area contributed by atoms with Crippen LogP contribution in [0.2, 0.25) is 0 Å². The molecule has 2 N–H and O–H groups in total. The Morgan fingerprint density at radius 2 is 2.43 bits per heavy atom. The summed E-state index contributed by atoms with van der Waals surface area (Å²) < 4.78 is 0. The van der Waals surface area contributed by atoms with E-state index in [2.05, 4.69) is 17.6 Å². The summed E-state index contributed by atoms with van der Waals surface area (Å²) in [4.78, 5) is 3.72. The van der Waals surface area contributed by atoms with E-state index in [9.17, 15) is 0 Å². The highest BCUT2D eigenvalue weighted by Crippen LogP contribution is 1.81. The molecule has 42 valence electrons. The quantitative estimate of drug-likeness (QED) is 0.305. The van der Waals surface area contributed by atoms with Crippen LogP contribution in [-0.4, -0.2) is 18.6 Å². The molecule has 0 saturated carbocycles. The Kier molecular flexibility index (Phi) is 3.89. The molecule has 0 aromatic heterocycles. The molecule has 0 heterocycles. The zero-order chi connectivity index (χ0) is 5.70. The van der Waals surface area contributed by atoms with Crippen molar-refractivity contribution >= 4 is 18.5 Å². The van der Waals surface area contributed by atoms with Gasteiger partial charge in [-0.1, -0.05) is 0 Å². The van der Waals surface area contributed by atoms with Crippen LogP contribution in [0.25, 0.3) is 0 Å². The van der Waals surface area contributed by atoms with Crippen molar-refractivity contribution in [2.24, 2.45) is 10.7 Å². The lowest BCUT2D eigenvalue weighted by Gasteiger charge is -1.89. The fourth-order valence-corrected chi connectivity index (χ4v) is 0.455. The summed E-state index contributed by atoms with van der Waals surface area (Å²) in [6.45, 7) is 0. The molecule has 0 amide bonds. The van der Waals surface area contributed by atoms with E-state index in [1.165, 1.54) is 0 Å². The Hall–Kier alpha value is -0.180. The molecule has 0 unspecified atom stereocenters. The van der Waals surface area contributed by atoms with E-state index in [-0.39, 0.29) is 0 Å². The molecule has 7 heavy (non-hydrogen) atoms. The first-order valence-corrected chi connectivity index (χ1v) is 2.76. The van der Waals surface area contributed by atoms with Crippen molar-refractivity contribution in [3.63, 3.8) is 0 Å². The van der Waals surface area contributed by atoms with Gasteiger partial charge in [-0.15, -0.1) is 0 Å². The molecule has 0 bridgehead atoms. The minimum absolute atomic E-state index is 0.676. The predicted molar refractivity (Wildman–Crippen MR) is 36.0 cm³/mol. The zero-order valence-electron chi connectivity index (χ0n) is 4.39. The number of hydrogen-bond acceptors (Lipinski definition) is 2. The largest absolute Gasteiger partial charge is 0.387 e. The number of thiol groups is 1. The fourth-order valence-electron chi connectivity index (χ4n) is 0.226. The van der Waals surface area contributed by atoms with E-state index < -0.39 is 0 Å². The summed E-state index contributed by atoms with van der Waals surface area (Å²) in [6.07, 6.45) is 0.791. The molecule has 0 radical (unpaired) electrons. The van der Waals surface area contributed by atoms with Crippen LogP contribution in [0, 0.1) is 0 Å². The predicted octanol–water partition coefficient (Wildman–Crippen LogP) is 0.293. The molecule has 0 rings (SSSR count). The molecule has 0 spiro atoms. The van der Waals surface area contributed by atoms with Crippen molar-refractivity contribution in [3.8, 4) is 0 Å². The fraction of sp³-hybridized carbons (Fsp3) is 0.750. The molecule has 0 aliphatic rings. The van der Waals surface area contributed by atoms with Crippen LogP contribution in [0.5, 0.6) is 0 Å². The van der Waals surface area contributed by atoms with Crippen LogP contribution in [0.1, 0.15) is 6.42 Å². The second-order valence-electron chi connectivity index (χ2n) is 1.19. The highest BCUT2D eigenvalue weighted by Gasteiger charge is 1.82. The first-order chi connectivity index (χ1) is 3.31. The molecule has 0 fully saturated rings. The Labute approximate surface area is 49.2 Å². The van der Waals surface area contributed by atoms with Gasteiger partial charge in [0.15, 0.2) is 0 Å². The maximum absolute atomic E-state index is 5.28. The SMILES string of the molecule is CN=C(N)CCS. The maximum Gasteiger partial charge on any atom is 0.0941 e. The molecule has 0 saturated heterocycles. The highest BCUT2D eigenvalue weighted by molar-refractivity contribution is 7.80. The lowest BCUT2D eigenvalue weighted by molar-refractivity contribution is 1.23. The summed E-state index contributed by atoms with van der Waals surface area (Å²) in [5.74, 6) is 1.46. The summed E-state index contributed by atoms with van der Waals surface area (Å²) in [7, 11) is 1.68. The van der Waals surface area contributed by atoms with Crippen LogP contribution in [0.15, 0.2) is 4.99 Å². The lowest BCUT2D eigenvalue weighted by atomic mass is 10.5. The Bertz CT molecular complexity index is 70.1. The van der Waals surface area contributed by atoms with Gasteiger partial charge in [0.2, 0.25) is 0 Å². The van der Waals surface area contributed by atoms with Crippen molar-refractivity contribution in [1.82, 2.24) is 0 Å². The van der Waals surface area contributed by atoms with Gasteiger partial charge in [0, 0.05) is 13.5 Å². The van der Waals surface area contributed by atoms with Gasteiger partial charge in [-0.3, -0.25) is 4.99 Å². The van der Waals surface area contributed by atoms with Crippen LogP contribution < -0.4 is 5.73 Å². The van der Waals surface area contributed by atoms with Crippen LogP contribution >= 0.6 is 12.6 Å². The summed E-state index contributed by atoms with van der Waals surface area (Å²) in [5, 5.41) is 0. The molecule has 2 nitrogen and oxygen atoms in total. The number of aliphatic imine (C=N–C) groups is 1. The van der Waals surface area contributed by atoms with E-state index in [0.29, 0.717) is 5.84 Å². The van der Waals surface area contributed by atoms with Gasteiger partial charge in [-0.2, -0.15) is 12.6 Å². The number of rotatable bonds is 2. The monoisotopic (exact) mass is 118 g/mol. The number of nitrogens with zero attached hydrogens (tertiary/aromatic N) is 1. The highest BCUT2D eigenvalue weighted by atomic mass is 32.1. The molecular formula is C4H10N2S. The van der Waals surface area contributed by atoms with Gasteiger partial charge in [0.1, 0.15) is 0 Å². The summed E-state index contributed by atoms with van der Waals surface area (Å²) in [5.41, 5.74) is 5.28. The molecule has 0 aromatic rings. The number of nitrogens with two attached hydrogens (primary N) is 1. The van der Waals surface area contributed by atoms with E-state index in [4.69, 9.17) is 5.73 Å². The van der Waals surface area contributed by atoms with Crippen molar-refractivity contribution in [1.29, 1.82) is 0 Å². The van der Waals surface area contributed by atoms with E-state index in [1.54, 1.807) is 7.05 Å². The third-order valence-corrected chi connectivity index (χ3v) is 0.879. The van der Waals surface area contributed by atoms with Gasteiger partial charge < -0.3 is 5.73 Å². The third kappa shape index (κ3) is 3.66. The van der Waals surface area contributed by atoms with Crippen LogP contribution in [0.3, 0.4) is 0 Å². The standard InChI is InChI=1S/C4H10N2S/c1-6-4(5)2-3-7/h7H,2-3H2,1H3,(H2,5,6). The Balaban J connectivity index is 3.17. The van der Waals surface area contributed by atoms with Crippen molar-refractivity contribution in [3.05, 3.63) is 0 Å². The van der Waals surface area contributed by atoms with Crippen molar-refractivity contribution in [2.75, 3.05) is 12.8 Å². The maximum atomic E-state index is 5.28. The van der Waals surface area contributed by atoms with Crippen molar-refractivity contribution in [2.45, 2.75) is 6.42 Å². The average Bonchev–Trinajstić information content (AvgIpc) is 1.68. The van der Waals surface area contributed by atoms with Gasteiger partial charge in [-0.05, 0) is 5.75 Å². The summed E-state index contributed by atoms with van der Waals surface area (Å²) in [6, 6.07) is 0. The van der Waals surface area contributed by atoms with Gasteiger partial charge >= 0.3 is 0 Å². The molecule has 3 heteroatoms. The Morgan fingerprint density at radius 3 is 2.57 bits per heavy atom. The zero-order valence-corrected chi connectivity index (χ0v) is 5.28. The molecule has 0 aliphatic carbocycles. The van der Waals surface area contributed by atoms with Gasteiger partial charge in [0.05, 0.1) is 5.84 Å². The first kappa shape index (κ1) is 6.82. The summed E-state index contributed by atoms with van der Waals surface area (Å²) >= 11 is 3.95. The van der Waals surface area contributed by atoms with E-state index >= 15 is 0 Å². The smallest absolute Gasteiger partial charge is 0.0941 e. The third-order valence-electron chi connectivity index (χ3n) is 0.655. The second kappa shape index (κ2) is 3.99. The normalized spacial score (nSPS) is 12.0. The molecule has 0 atom stereocenters. The number of amidine groups is 1. The topological polar surface area (TPSA) is 38.4 Å². The van der Waals surface area contributed by atoms with Gasteiger partial charge in [0.25, 0.3) is 0 Å². The van der Waals surface area contributed by atoms with E-state index in [0.717, 1.165) is 12.2 Å². The minimum atomic E-state index is 0.676. The van der Waals surface area contributed by atoms with Gasteiger partial charge in [-0.25, -0.2) is 0 Å². The second-order valence-corrected chi connectivity index (χ2v) is 1.64. The van der Waals surface area contributed by atoms with E-state index in [1.807, 2.05) is 0 Å². The number of hydrogen-bond donors (Lipinski definition) is 2. The lowest BCUT2D eigenvalue weighted by Crippen LogP contribution is -2.11. The Morgan fingerprint density at radius 1 is 1.86 bits per heavy atom. The molecular weight excluding hydrogens is 108 g/mol. The average molecular weight is 118 g/mol. The van der Waals surface area contributed by atoms with Crippen LogP contribution in [0.4, 0.5) is 0 Å². The first-order valence-electron chi connectivity index (χ1n) is 2.13. The van der Waals surface area contributed by atoms with Crippen LogP contribution in [-0.2, 0) is 0 Å². The molecule has 0 aromatic carbocycles. The molecule has 0 aliphatic heterocycles. The minimum Gasteiger partial charge on any atom is -0.387 e. The van der Waals surface area contributed by atoms with Crippen molar-refractivity contribution < 1.29 is 0 Å².